The first-order valence-corrected chi connectivity index (χ1v) is 11.8. The first-order chi connectivity index (χ1) is 15.2. The van der Waals surface area contributed by atoms with Crippen LogP contribution in [-0.2, 0) is 11.4 Å². The van der Waals surface area contributed by atoms with Crippen LogP contribution < -0.4 is 15.6 Å². The Morgan fingerprint density at radius 2 is 1.74 bits per heavy atom. The first-order valence-electron chi connectivity index (χ1n) is 10.7. The molecule has 0 radical (unpaired) electrons. The average Bonchev–Trinajstić information content (AvgIpc) is 3.39. The molecule has 2 aliphatic rings. The van der Waals surface area contributed by atoms with Crippen molar-refractivity contribution in [2.75, 3.05) is 11.1 Å². The van der Waals surface area contributed by atoms with Gasteiger partial charge in [0.25, 0.3) is 5.56 Å². The van der Waals surface area contributed by atoms with Gasteiger partial charge in [-0.15, -0.1) is 11.8 Å². The number of H-pyrrole nitrogens is 1. The number of aromatic nitrogens is 2. The highest BCUT2D eigenvalue weighted by Gasteiger charge is 2.32. The Morgan fingerprint density at radius 1 is 1.00 bits per heavy atom. The summed E-state index contributed by atoms with van der Waals surface area (Å²) >= 11 is 1.49. The van der Waals surface area contributed by atoms with Gasteiger partial charge < -0.3 is 10.1 Å². The Balaban J connectivity index is 1.41. The number of hydrogen-bond acceptors (Lipinski definition) is 4. The van der Waals surface area contributed by atoms with E-state index in [9.17, 15) is 9.59 Å². The SMILES string of the molecule is O=C1CSC(c2ccc(OCc3ccccc3)cc2)c2c(n(C3CCCC3)[nH]c2=O)N1. The monoisotopic (exact) mass is 435 g/mol. The zero-order chi connectivity index (χ0) is 21.2. The number of anilines is 1. The van der Waals surface area contributed by atoms with Crippen molar-refractivity contribution in [3.8, 4) is 5.75 Å². The molecule has 7 heteroatoms. The molecule has 1 aromatic heterocycles. The summed E-state index contributed by atoms with van der Waals surface area (Å²) in [5.41, 5.74) is 2.62. The summed E-state index contributed by atoms with van der Waals surface area (Å²) in [7, 11) is 0. The normalized spacial score (nSPS) is 19.0. The summed E-state index contributed by atoms with van der Waals surface area (Å²) in [6, 6.07) is 18.1. The summed E-state index contributed by atoms with van der Waals surface area (Å²) in [5, 5.41) is 5.78. The molecule has 31 heavy (non-hydrogen) atoms. The molecule has 1 unspecified atom stereocenters. The van der Waals surface area contributed by atoms with Crippen LogP contribution in [-0.4, -0.2) is 21.4 Å². The molecule has 1 aliphatic carbocycles. The fourth-order valence-electron chi connectivity index (χ4n) is 4.42. The van der Waals surface area contributed by atoms with Gasteiger partial charge >= 0.3 is 0 Å². The Morgan fingerprint density at radius 3 is 2.48 bits per heavy atom. The van der Waals surface area contributed by atoms with Crippen LogP contribution >= 0.6 is 11.8 Å². The Hall–Kier alpha value is -2.93. The van der Waals surface area contributed by atoms with E-state index in [1.54, 1.807) is 0 Å². The number of benzene rings is 2. The van der Waals surface area contributed by atoms with Gasteiger partial charge in [0, 0.05) is 0 Å². The molecule has 2 N–H and O–H groups in total. The minimum absolute atomic E-state index is 0.0673. The lowest BCUT2D eigenvalue weighted by atomic mass is 10.1. The Kier molecular flexibility index (Phi) is 5.59. The Bertz CT molecular complexity index is 1120. The molecule has 1 amide bonds. The van der Waals surface area contributed by atoms with Gasteiger partial charge in [-0.3, -0.25) is 19.4 Å². The number of rotatable bonds is 5. The number of thioether (sulfide) groups is 1. The molecular weight excluding hydrogens is 410 g/mol. The summed E-state index contributed by atoms with van der Waals surface area (Å²) in [6.45, 7) is 0.505. The van der Waals surface area contributed by atoms with Crippen molar-refractivity contribution in [1.29, 1.82) is 0 Å². The zero-order valence-electron chi connectivity index (χ0n) is 17.2. The second-order valence-electron chi connectivity index (χ2n) is 8.09. The number of ether oxygens (including phenoxy) is 1. The van der Waals surface area contributed by atoms with Gasteiger partial charge in [-0.05, 0) is 36.1 Å². The van der Waals surface area contributed by atoms with Gasteiger partial charge in [-0.2, -0.15) is 0 Å². The van der Waals surface area contributed by atoms with Crippen molar-refractivity contribution < 1.29 is 9.53 Å². The maximum atomic E-state index is 12.9. The molecule has 0 bridgehead atoms. The number of carbonyl (C=O) groups excluding carboxylic acids is 1. The summed E-state index contributed by atoms with van der Waals surface area (Å²) in [4.78, 5) is 25.3. The lowest BCUT2D eigenvalue weighted by Crippen LogP contribution is -2.18. The third-order valence-electron chi connectivity index (χ3n) is 5.98. The summed E-state index contributed by atoms with van der Waals surface area (Å²) in [6.07, 6.45) is 4.35. The molecule has 1 atom stereocenters. The maximum Gasteiger partial charge on any atom is 0.270 e. The summed E-state index contributed by atoms with van der Waals surface area (Å²) < 4.78 is 7.80. The maximum absolute atomic E-state index is 12.9. The number of nitrogens with zero attached hydrogens (tertiary/aromatic N) is 1. The van der Waals surface area contributed by atoms with Gasteiger partial charge in [-0.1, -0.05) is 55.3 Å². The van der Waals surface area contributed by atoms with E-state index in [2.05, 4.69) is 10.4 Å². The van der Waals surface area contributed by atoms with Gasteiger partial charge in [0.15, 0.2) is 0 Å². The van der Waals surface area contributed by atoms with E-state index >= 15 is 0 Å². The quantitative estimate of drug-likeness (QED) is 0.612. The van der Waals surface area contributed by atoms with E-state index in [1.807, 2.05) is 59.3 Å². The first kappa shape index (κ1) is 20.0. The number of carbonyl (C=O) groups is 1. The van der Waals surface area contributed by atoms with Crippen molar-refractivity contribution in [1.82, 2.24) is 9.78 Å². The zero-order valence-corrected chi connectivity index (χ0v) is 18.0. The fourth-order valence-corrected chi connectivity index (χ4v) is 5.55. The van der Waals surface area contributed by atoms with E-state index < -0.39 is 0 Å². The standard InChI is InChI=1S/C24H25N3O3S/c28-20-15-31-22(21-23(25-20)27(26-24(21)29)18-8-4-5-9-18)17-10-12-19(13-11-17)30-14-16-6-2-1-3-7-16/h1-3,6-7,10-13,18,22H,4-5,8-9,14-15H2,(H,25,28)(H,26,29). The molecule has 5 rings (SSSR count). The minimum Gasteiger partial charge on any atom is -0.489 e. The van der Waals surface area contributed by atoms with E-state index in [-0.39, 0.29) is 22.8 Å². The van der Waals surface area contributed by atoms with Crippen LogP contribution in [0.2, 0.25) is 0 Å². The van der Waals surface area contributed by atoms with E-state index in [0.717, 1.165) is 42.6 Å². The molecule has 1 aliphatic heterocycles. The number of fused-ring (bicyclic) bond motifs is 1. The molecule has 3 aromatic rings. The predicted octanol–water partition coefficient (Wildman–Crippen LogP) is 4.65. The molecule has 160 valence electrons. The Labute approximate surface area is 185 Å². The largest absolute Gasteiger partial charge is 0.489 e. The molecule has 2 heterocycles. The van der Waals surface area contributed by atoms with E-state index in [1.165, 1.54) is 11.8 Å². The highest BCUT2D eigenvalue weighted by molar-refractivity contribution is 8.00. The third-order valence-corrected chi connectivity index (χ3v) is 7.25. The molecular formula is C24H25N3O3S. The fraction of sp³-hybridized carbons (Fsp3) is 0.333. The van der Waals surface area contributed by atoms with Crippen LogP contribution in [0.15, 0.2) is 59.4 Å². The van der Waals surface area contributed by atoms with Crippen LogP contribution in [0.5, 0.6) is 5.75 Å². The van der Waals surface area contributed by atoms with Crippen LogP contribution in [0.1, 0.15) is 53.7 Å². The van der Waals surface area contributed by atoms with Crippen molar-refractivity contribution in [3.63, 3.8) is 0 Å². The van der Waals surface area contributed by atoms with Crippen molar-refractivity contribution in [2.24, 2.45) is 0 Å². The number of amides is 1. The third kappa shape index (κ3) is 4.14. The van der Waals surface area contributed by atoms with Gasteiger partial charge in [0.2, 0.25) is 5.91 Å². The minimum atomic E-state index is -0.205. The second kappa shape index (κ2) is 8.67. The number of nitrogens with one attached hydrogen (secondary N) is 2. The topological polar surface area (TPSA) is 76.1 Å². The van der Waals surface area contributed by atoms with Crippen LogP contribution in [0.4, 0.5) is 5.82 Å². The van der Waals surface area contributed by atoms with Crippen molar-refractivity contribution in [3.05, 3.63) is 81.6 Å². The van der Waals surface area contributed by atoms with E-state index in [4.69, 9.17) is 4.74 Å². The molecule has 1 saturated carbocycles. The van der Waals surface area contributed by atoms with Gasteiger partial charge in [0.05, 0.1) is 22.6 Å². The molecule has 2 aromatic carbocycles. The van der Waals surface area contributed by atoms with Gasteiger partial charge in [0.1, 0.15) is 18.2 Å². The predicted molar refractivity (Wildman–Crippen MR) is 123 cm³/mol. The lowest BCUT2D eigenvalue weighted by Gasteiger charge is -2.17. The smallest absolute Gasteiger partial charge is 0.270 e. The van der Waals surface area contributed by atoms with Crippen LogP contribution in [0, 0.1) is 0 Å². The molecule has 6 nitrogen and oxygen atoms in total. The number of hydrogen-bond donors (Lipinski definition) is 2. The summed E-state index contributed by atoms with van der Waals surface area (Å²) in [5.74, 6) is 1.66. The highest BCUT2D eigenvalue weighted by Crippen LogP contribution is 2.42. The highest BCUT2D eigenvalue weighted by atomic mass is 32.2. The second-order valence-corrected chi connectivity index (χ2v) is 9.19. The van der Waals surface area contributed by atoms with Crippen molar-refractivity contribution in [2.45, 2.75) is 43.6 Å². The van der Waals surface area contributed by atoms with Crippen LogP contribution in [0.3, 0.4) is 0 Å². The molecule has 0 saturated heterocycles. The van der Waals surface area contributed by atoms with Crippen molar-refractivity contribution >= 4 is 23.5 Å². The molecule has 1 fully saturated rings. The molecule has 0 spiro atoms. The van der Waals surface area contributed by atoms with E-state index in [0.29, 0.717) is 23.7 Å². The van der Waals surface area contributed by atoms with Crippen LogP contribution in [0.25, 0.3) is 0 Å². The average molecular weight is 436 g/mol. The van der Waals surface area contributed by atoms with Gasteiger partial charge in [-0.25, -0.2) is 0 Å². The lowest BCUT2D eigenvalue weighted by molar-refractivity contribution is -0.113. The number of aromatic amines is 1.